The molecule has 20 heavy (non-hydrogen) atoms. The third kappa shape index (κ3) is 2.85. The fourth-order valence-electron chi connectivity index (χ4n) is 1.94. The van der Waals surface area contributed by atoms with Crippen LogP contribution in [0.2, 0.25) is 0 Å². The second kappa shape index (κ2) is 6.35. The quantitative estimate of drug-likeness (QED) is 0.763. The molecule has 0 aliphatic carbocycles. The van der Waals surface area contributed by atoms with Crippen molar-refractivity contribution in [2.24, 2.45) is 0 Å². The van der Waals surface area contributed by atoms with Gasteiger partial charge in [0.15, 0.2) is 0 Å². The van der Waals surface area contributed by atoms with Crippen molar-refractivity contribution in [2.75, 3.05) is 13.2 Å². The molecule has 6 heteroatoms. The van der Waals surface area contributed by atoms with E-state index in [9.17, 15) is 4.57 Å². The SMILES string of the molecule is CCOP(=O)(OCC)c1onc(-c2ccccc2)c1C. The van der Waals surface area contributed by atoms with Crippen LogP contribution in [0.5, 0.6) is 0 Å². The predicted molar refractivity (Wildman–Crippen MR) is 77.2 cm³/mol. The first-order chi connectivity index (χ1) is 9.62. The Kier molecular flexibility index (Phi) is 4.76. The highest BCUT2D eigenvalue weighted by Crippen LogP contribution is 2.48. The summed E-state index contributed by atoms with van der Waals surface area (Å²) in [6.07, 6.45) is 0. The van der Waals surface area contributed by atoms with Gasteiger partial charge in [-0.15, -0.1) is 0 Å². The molecule has 0 amide bonds. The minimum atomic E-state index is -3.44. The highest BCUT2D eigenvalue weighted by Gasteiger charge is 2.35. The van der Waals surface area contributed by atoms with Gasteiger partial charge in [0.25, 0.3) is 5.50 Å². The number of nitrogens with zero attached hydrogens (tertiary/aromatic N) is 1. The largest absolute Gasteiger partial charge is 0.399 e. The summed E-state index contributed by atoms with van der Waals surface area (Å²) in [6.45, 7) is 5.87. The summed E-state index contributed by atoms with van der Waals surface area (Å²) >= 11 is 0. The maximum Gasteiger partial charge on any atom is 0.399 e. The standard InChI is InChI=1S/C14H18NO4P/c1-4-17-20(16,18-5-2)14-11(3)13(15-19-14)12-9-7-6-8-10-12/h6-10H,4-5H2,1-3H3. The Balaban J connectivity index is 2.44. The summed E-state index contributed by atoms with van der Waals surface area (Å²) in [4.78, 5) is 0. The number of hydrogen-bond donors (Lipinski definition) is 0. The van der Waals surface area contributed by atoms with E-state index < -0.39 is 7.60 Å². The number of benzene rings is 1. The predicted octanol–water partition coefficient (Wildman–Crippen LogP) is 3.54. The zero-order valence-electron chi connectivity index (χ0n) is 11.8. The molecule has 0 saturated carbocycles. The van der Waals surface area contributed by atoms with E-state index in [0.717, 1.165) is 5.56 Å². The van der Waals surface area contributed by atoms with Gasteiger partial charge in [-0.05, 0) is 20.8 Å². The van der Waals surface area contributed by atoms with Gasteiger partial charge in [-0.25, -0.2) is 0 Å². The maximum absolute atomic E-state index is 12.7. The zero-order chi connectivity index (χ0) is 14.6. The molecule has 0 unspecified atom stereocenters. The molecule has 0 radical (unpaired) electrons. The van der Waals surface area contributed by atoms with Crippen molar-refractivity contribution >= 4 is 13.1 Å². The van der Waals surface area contributed by atoms with Crippen molar-refractivity contribution < 1.29 is 18.1 Å². The van der Waals surface area contributed by atoms with Crippen LogP contribution in [0.1, 0.15) is 19.4 Å². The molecule has 108 valence electrons. The van der Waals surface area contributed by atoms with Crippen LogP contribution in [-0.4, -0.2) is 18.4 Å². The Labute approximate surface area is 118 Å². The fraction of sp³-hybridized carbons (Fsp3) is 0.357. The third-order valence-electron chi connectivity index (χ3n) is 2.79. The Bertz CT molecular complexity index is 599. The van der Waals surface area contributed by atoms with Crippen LogP contribution in [-0.2, 0) is 13.6 Å². The highest BCUT2D eigenvalue weighted by atomic mass is 31.2. The van der Waals surface area contributed by atoms with E-state index in [-0.39, 0.29) is 18.7 Å². The first-order valence-electron chi connectivity index (χ1n) is 6.53. The van der Waals surface area contributed by atoms with E-state index in [4.69, 9.17) is 13.6 Å². The van der Waals surface area contributed by atoms with Crippen LogP contribution >= 0.6 is 7.60 Å². The van der Waals surface area contributed by atoms with Crippen LogP contribution in [0, 0.1) is 6.92 Å². The van der Waals surface area contributed by atoms with Gasteiger partial charge < -0.3 is 13.6 Å². The van der Waals surface area contributed by atoms with Crippen LogP contribution < -0.4 is 5.50 Å². The molecular weight excluding hydrogens is 277 g/mol. The van der Waals surface area contributed by atoms with Crippen molar-refractivity contribution in [1.82, 2.24) is 5.16 Å². The van der Waals surface area contributed by atoms with E-state index in [1.54, 1.807) is 20.8 Å². The second-order valence-electron chi connectivity index (χ2n) is 4.16. The molecule has 0 fully saturated rings. The van der Waals surface area contributed by atoms with Crippen LogP contribution in [0.3, 0.4) is 0 Å². The van der Waals surface area contributed by atoms with Gasteiger partial charge in [0.2, 0.25) is 0 Å². The molecule has 0 aliphatic rings. The van der Waals surface area contributed by atoms with Crippen LogP contribution in [0.4, 0.5) is 0 Å². The summed E-state index contributed by atoms with van der Waals surface area (Å²) in [5.41, 5.74) is 2.42. The molecule has 2 aromatic rings. The summed E-state index contributed by atoms with van der Waals surface area (Å²) in [5, 5.41) is 4.01. The number of aromatic nitrogens is 1. The van der Waals surface area contributed by atoms with Crippen molar-refractivity contribution in [2.45, 2.75) is 20.8 Å². The van der Waals surface area contributed by atoms with Crippen molar-refractivity contribution in [1.29, 1.82) is 0 Å². The molecule has 0 saturated heterocycles. The summed E-state index contributed by atoms with van der Waals surface area (Å²) in [7, 11) is -3.44. The molecule has 0 N–H and O–H groups in total. The Hall–Kier alpha value is -1.42. The Morgan fingerprint density at radius 1 is 1.15 bits per heavy atom. The lowest BCUT2D eigenvalue weighted by atomic mass is 10.1. The number of hydrogen-bond acceptors (Lipinski definition) is 5. The Morgan fingerprint density at radius 3 is 2.30 bits per heavy atom. The molecule has 2 rings (SSSR count). The van der Waals surface area contributed by atoms with E-state index in [1.165, 1.54) is 0 Å². The van der Waals surface area contributed by atoms with E-state index in [1.807, 2.05) is 30.3 Å². The van der Waals surface area contributed by atoms with Crippen molar-refractivity contribution in [3.8, 4) is 11.3 Å². The molecule has 5 nitrogen and oxygen atoms in total. The fourth-order valence-corrected chi connectivity index (χ4v) is 3.59. The summed E-state index contributed by atoms with van der Waals surface area (Å²) in [5.74, 6) is 0. The average Bonchev–Trinajstić information content (AvgIpc) is 2.83. The maximum atomic E-state index is 12.7. The van der Waals surface area contributed by atoms with Gasteiger partial charge in [0, 0.05) is 11.1 Å². The molecule has 0 spiro atoms. The number of rotatable bonds is 6. The lowest BCUT2D eigenvalue weighted by molar-refractivity contribution is 0.223. The molecule has 0 aliphatic heterocycles. The van der Waals surface area contributed by atoms with Gasteiger partial charge in [0.1, 0.15) is 5.69 Å². The second-order valence-corrected chi connectivity index (χ2v) is 6.08. The smallest absolute Gasteiger partial charge is 0.347 e. The minimum absolute atomic E-state index is 0.181. The van der Waals surface area contributed by atoms with Gasteiger partial charge in [-0.2, -0.15) is 0 Å². The summed E-state index contributed by atoms with van der Waals surface area (Å²) < 4.78 is 28.5. The molecule has 0 bridgehead atoms. The van der Waals surface area contributed by atoms with Gasteiger partial charge >= 0.3 is 7.60 Å². The lowest BCUT2D eigenvalue weighted by Gasteiger charge is -2.14. The topological polar surface area (TPSA) is 61.6 Å². The first-order valence-corrected chi connectivity index (χ1v) is 8.08. The normalized spacial score (nSPS) is 11.8. The molecule has 1 heterocycles. The summed E-state index contributed by atoms with van der Waals surface area (Å²) in [6, 6.07) is 9.58. The molecule has 1 aromatic carbocycles. The molecular formula is C14H18NO4P. The zero-order valence-corrected chi connectivity index (χ0v) is 12.7. The molecule has 1 aromatic heterocycles. The highest BCUT2D eigenvalue weighted by molar-refractivity contribution is 7.61. The molecule has 0 atom stereocenters. The third-order valence-corrected chi connectivity index (χ3v) is 4.90. The van der Waals surface area contributed by atoms with Gasteiger partial charge in [-0.1, -0.05) is 35.5 Å². The Morgan fingerprint density at radius 2 is 1.75 bits per heavy atom. The van der Waals surface area contributed by atoms with Crippen molar-refractivity contribution in [3.05, 3.63) is 35.9 Å². The van der Waals surface area contributed by atoms with Gasteiger partial charge in [0.05, 0.1) is 13.2 Å². The van der Waals surface area contributed by atoms with Gasteiger partial charge in [-0.3, -0.25) is 4.57 Å². The van der Waals surface area contributed by atoms with E-state index >= 15 is 0 Å². The van der Waals surface area contributed by atoms with Crippen LogP contribution in [0.15, 0.2) is 34.9 Å². The van der Waals surface area contributed by atoms with Crippen LogP contribution in [0.25, 0.3) is 11.3 Å². The van der Waals surface area contributed by atoms with E-state index in [0.29, 0.717) is 11.3 Å². The lowest BCUT2D eigenvalue weighted by Crippen LogP contribution is -2.11. The average molecular weight is 295 g/mol. The van der Waals surface area contributed by atoms with Crippen molar-refractivity contribution in [3.63, 3.8) is 0 Å². The first kappa shape index (κ1) is 15.0. The minimum Gasteiger partial charge on any atom is -0.347 e. The van der Waals surface area contributed by atoms with E-state index in [2.05, 4.69) is 5.16 Å². The monoisotopic (exact) mass is 295 g/mol.